The Balaban J connectivity index is 2.33. The third-order valence-electron chi connectivity index (χ3n) is 4.32. The first-order valence-electron chi connectivity index (χ1n) is 6.96. The molecule has 1 aromatic heterocycles. The summed E-state index contributed by atoms with van der Waals surface area (Å²) in [6, 6.07) is -0.609. The van der Waals surface area contributed by atoms with Crippen LogP contribution in [0, 0.1) is 19.3 Å². The molecule has 0 bridgehead atoms. The van der Waals surface area contributed by atoms with Crippen molar-refractivity contribution in [3.8, 4) is 0 Å². The highest BCUT2D eigenvalue weighted by atomic mass is 32.2. The summed E-state index contributed by atoms with van der Waals surface area (Å²) >= 11 is 0. The molecule has 2 atom stereocenters. The summed E-state index contributed by atoms with van der Waals surface area (Å²) in [4.78, 5) is 11.7. The summed E-state index contributed by atoms with van der Waals surface area (Å²) in [6.07, 6.45) is 2.61. The van der Waals surface area contributed by atoms with Crippen LogP contribution in [0.4, 0.5) is 0 Å². The van der Waals surface area contributed by atoms with E-state index < -0.39 is 27.4 Å². The van der Waals surface area contributed by atoms with Gasteiger partial charge in [0.25, 0.3) is 0 Å². The van der Waals surface area contributed by atoms with Crippen LogP contribution in [0.25, 0.3) is 0 Å². The molecule has 1 aliphatic rings. The van der Waals surface area contributed by atoms with Crippen LogP contribution < -0.4 is 4.72 Å². The lowest BCUT2D eigenvalue weighted by Crippen LogP contribution is -2.52. The Morgan fingerprint density at radius 3 is 2.62 bits per heavy atom. The van der Waals surface area contributed by atoms with Crippen molar-refractivity contribution in [2.24, 2.45) is 5.41 Å². The molecule has 0 saturated heterocycles. The molecule has 1 aliphatic carbocycles. The van der Waals surface area contributed by atoms with Crippen LogP contribution >= 0.6 is 0 Å². The van der Waals surface area contributed by atoms with E-state index in [-0.39, 0.29) is 4.90 Å². The van der Waals surface area contributed by atoms with E-state index >= 15 is 0 Å². The predicted octanol–water partition coefficient (Wildman–Crippen LogP) is 1.34. The monoisotopic (exact) mass is 315 g/mol. The molecule has 1 saturated carbocycles. The first-order chi connectivity index (χ1) is 9.68. The number of carbonyl (C=O) groups is 1. The molecule has 2 rings (SSSR count). The van der Waals surface area contributed by atoms with E-state index in [1.165, 1.54) is 0 Å². The molecular weight excluding hydrogens is 294 g/mol. The van der Waals surface area contributed by atoms with Crippen LogP contribution in [0.5, 0.6) is 0 Å². The maximum Gasteiger partial charge on any atom is 0.310 e. The van der Waals surface area contributed by atoms with Gasteiger partial charge < -0.3 is 5.11 Å². The molecule has 8 heteroatoms. The lowest BCUT2D eigenvalue weighted by molar-refractivity contribution is -0.151. The Labute approximate surface area is 124 Å². The number of aryl methyl sites for hydroxylation is 2. The van der Waals surface area contributed by atoms with Gasteiger partial charge in [-0.1, -0.05) is 12.8 Å². The predicted molar refractivity (Wildman–Crippen MR) is 76.4 cm³/mol. The Morgan fingerprint density at radius 2 is 2.10 bits per heavy atom. The van der Waals surface area contributed by atoms with Gasteiger partial charge in [0.15, 0.2) is 0 Å². The highest BCUT2D eigenvalue weighted by Crippen LogP contribution is 2.37. The molecule has 0 aliphatic heterocycles. The van der Waals surface area contributed by atoms with Gasteiger partial charge in [-0.3, -0.25) is 9.89 Å². The average Bonchev–Trinajstić information content (AvgIpc) is 2.72. The van der Waals surface area contributed by atoms with Crippen LogP contribution in [0.15, 0.2) is 4.90 Å². The normalized spacial score (nSPS) is 26.7. The fourth-order valence-corrected chi connectivity index (χ4v) is 4.71. The zero-order valence-electron chi connectivity index (χ0n) is 12.4. The van der Waals surface area contributed by atoms with Gasteiger partial charge in [0.05, 0.1) is 16.8 Å². The number of rotatable bonds is 4. The van der Waals surface area contributed by atoms with E-state index in [0.717, 1.165) is 12.8 Å². The second-order valence-electron chi connectivity index (χ2n) is 5.91. The molecule has 0 amide bonds. The van der Waals surface area contributed by atoms with Crippen LogP contribution in [0.2, 0.25) is 0 Å². The Bertz CT molecular complexity index is 633. The number of hydrogen-bond donors (Lipinski definition) is 3. The van der Waals surface area contributed by atoms with Gasteiger partial charge in [-0.05, 0) is 33.6 Å². The zero-order valence-corrected chi connectivity index (χ0v) is 13.2. The number of H-pyrrole nitrogens is 1. The second-order valence-corrected chi connectivity index (χ2v) is 7.56. The number of carboxylic acids is 1. The number of carboxylic acid groups (broad SMARTS) is 1. The molecule has 0 aromatic carbocycles. The van der Waals surface area contributed by atoms with Crippen molar-refractivity contribution in [3.05, 3.63) is 11.4 Å². The molecule has 1 fully saturated rings. The van der Waals surface area contributed by atoms with E-state index in [1.54, 1.807) is 20.8 Å². The summed E-state index contributed by atoms with van der Waals surface area (Å²) in [6.45, 7) is 4.85. The average molecular weight is 315 g/mol. The molecule has 0 spiro atoms. The Hall–Kier alpha value is -1.41. The van der Waals surface area contributed by atoms with Gasteiger partial charge in [0.2, 0.25) is 10.0 Å². The topological polar surface area (TPSA) is 112 Å². The summed E-state index contributed by atoms with van der Waals surface area (Å²) in [5, 5.41) is 16.0. The lowest BCUT2D eigenvalue weighted by atomic mass is 9.72. The van der Waals surface area contributed by atoms with Crippen LogP contribution in [-0.4, -0.2) is 35.7 Å². The van der Waals surface area contributed by atoms with Gasteiger partial charge in [-0.25, -0.2) is 13.1 Å². The summed E-state index contributed by atoms with van der Waals surface area (Å²) in [7, 11) is -3.79. The van der Waals surface area contributed by atoms with Crippen molar-refractivity contribution < 1.29 is 18.3 Å². The fourth-order valence-electron chi connectivity index (χ4n) is 2.96. The molecule has 2 unspecified atom stereocenters. The lowest BCUT2D eigenvalue weighted by Gasteiger charge is -2.38. The number of hydrogen-bond acceptors (Lipinski definition) is 4. The number of sulfonamides is 1. The van der Waals surface area contributed by atoms with Gasteiger partial charge in [-0.15, -0.1) is 0 Å². The third kappa shape index (κ3) is 2.82. The van der Waals surface area contributed by atoms with Gasteiger partial charge in [0, 0.05) is 6.04 Å². The fraction of sp³-hybridized carbons (Fsp3) is 0.692. The maximum absolute atomic E-state index is 12.5. The van der Waals surface area contributed by atoms with Crippen molar-refractivity contribution in [2.45, 2.75) is 57.4 Å². The first-order valence-corrected chi connectivity index (χ1v) is 8.44. The highest BCUT2D eigenvalue weighted by molar-refractivity contribution is 7.89. The number of aliphatic carboxylic acids is 1. The van der Waals surface area contributed by atoms with Crippen molar-refractivity contribution in [1.29, 1.82) is 0 Å². The van der Waals surface area contributed by atoms with Gasteiger partial charge in [0.1, 0.15) is 4.90 Å². The minimum Gasteiger partial charge on any atom is -0.481 e. The van der Waals surface area contributed by atoms with Crippen molar-refractivity contribution in [2.75, 3.05) is 0 Å². The quantitative estimate of drug-likeness (QED) is 0.776. The van der Waals surface area contributed by atoms with Crippen LogP contribution in [0.3, 0.4) is 0 Å². The van der Waals surface area contributed by atoms with Crippen LogP contribution in [-0.2, 0) is 14.8 Å². The molecule has 7 nitrogen and oxygen atoms in total. The van der Waals surface area contributed by atoms with Crippen molar-refractivity contribution >= 4 is 16.0 Å². The minimum absolute atomic E-state index is 0.112. The molecule has 1 aromatic rings. The summed E-state index contributed by atoms with van der Waals surface area (Å²) in [5.74, 6) is -0.962. The molecule has 0 radical (unpaired) electrons. The minimum atomic E-state index is -3.79. The standard InChI is InChI=1S/C13H21N3O4S/c1-8-11(9(2)15-14-8)21(19,20)16-10-6-4-5-7-13(10,3)12(17)18/h10,16H,4-7H2,1-3H3,(H,14,15)(H,17,18). The zero-order chi connectivity index (χ0) is 15.8. The highest BCUT2D eigenvalue weighted by Gasteiger charge is 2.45. The van der Waals surface area contributed by atoms with Gasteiger partial charge >= 0.3 is 5.97 Å². The van der Waals surface area contributed by atoms with E-state index in [2.05, 4.69) is 14.9 Å². The molecular formula is C13H21N3O4S. The third-order valence-corrected chi connectivity index (χ3v) is 6.06. The number of aromatic nitrogens is 2. The summed E-state index contributed by atoms with van der Waals surface area (Å²) < 4.78 is 27.7. The molecule has 118 valence electrons. The molecule has 1 heterocycles. The number of nitrogens with zero attached hydrogens (tertiary/aromatic N) is 1. The van der Waals surface area contributed by atoms with Crippen LogP contribution in [0.1, 0.15) is 44.0 Å². The van der Waals surface area contributed by atoms with Crippen molar-refractivity contribution in [3.63, 3.8) is 0 Å². The summed E-state index contributed by atoms with van der Waals surface area (Å²) in [5.41, 5.74) is -0.239. The van der Waals surface area contributed by atoms with E-state index in [4.69, 9.17) is 0 Å². The Kier molecular flexibility index (Phi) is 4.12. The van der Waals surface area contributed by atoms with Crippen molar-refractivity contribution in [1.82, 2.24) is 14.9 Å². The van der Waals surface area contributed by atoms with E-state index in [9.17, 15) is 18.3 Å². The van der Waals surface area contributed by atoms with E-state index in [1.807, 2.05) is 0 Å². The molecule has 21 heavy (non-hydrogen) atoms. The van der Waals surface area contributed by atoms with E-state index in [0.29, 0.717) is 24.2 Å². The number of nitrogens with one attached hydrogen (secondary N) is 2. The second kappa shape index (κ2) is 5.42. The molecule has 3 N–H and O–H groups in total. The first kappa shape index (κ1) is 16.0. The maximum atomic E-state index is 12.5. The largest absolute Gasteiger partial charge is 0.481 e. The SMILES string of the molecule is Cc1n[nH]c(C)c1S(=O)(=O)NC1CCCCC1(C)C(=O)O. The number of aromatic amines is 1. The van der Waals surface area contributed by atoms with Gasteiger partial charge in [-0.2, -0.15) is 5.10 Å². The smallest absolute Gasteiger partial charge is 0.310 e. The Morgan fingerprint density at radius 1 is 1.43 bits per heavy atom.